The fourth-order valence-corrected chi connectivity index (χ4v) is 2.88. The number of carbonyl (C=O) groups is 1. The van der Waals surface area contributed by atoms with Gasteiger partial charge in [-0.1, -0.05) is 11.6 Å². The van der Waals surface area contributed by atoms with Crippen LogP contribution in [-0.4, -0.2) is 24.8 Å². The zero-order valence-electron chi connectivity index (χ0n) is 13.2. The van der Waals surface area contributed by atoms with Gasteiger partial charge in [-0.3, -0.25) is 4.79 Å². The topological polar surface area (TPSA) is 51.5 Å². The molecule has 23 heavy (non-hydrogen) atoms. The maximum Gasteiger partial charge on any atom is 0.257 e. The molecule has 0 radical (unpaired) electrons. The van der Waals surface area contributed by atoms with E-state index in [0.717, 1.165) is 33.4 Å². The first kappa shape index (κ1) is 17.8. The van der Waals surface area contributed by atoms with Gasteiger partial charge < -0.3 is 14.5 Å². The first-order valence-corrected chi connectivity index (χ1v) is 8.86. The van der Waals surface area contributed by atoms with Crippen LogP contribution >= 0.6 is 23.4 Å². The summed E-state index contributed by atoms with van der Waals surface area (Å²) in [6.45, 7) is 4.44. The highest BCUT2D eigenvalue weighted by molar-refractivity contribution is 7.98. The van der Waals surface area contributed by atoms with Crippen LogP contribution in [0.5, 0.6) is 5.75 Å². The summed E-state index contributed by atoms with van der Waals surface area (Å²) in [5, 5.41) is 3.56. The Morgan fingerprint density at radius 1 is 1.35 bits per heavy atom. The van der Waals surface area contributed by atoms with Crippen molar-refractivity contribution in [1.82, 2.24) is 5.32 Å². The molecule has 1 amide bonds. The minimum Gasteiger partial charge on any atom is -0.484 e. The van der Waals surface area contributed by atoms with Crippen molar-refractivity contribution < 1.29 is 13.9 Å². The van der Waals surface area contributed by atoms with Crippen LogP contribution in [-0.2, 0) is 10.5 Å². The fraction of sp³-hybridized carbons (Fsp3) is 0.353. The molecule has 0 unspecified atom stereocenters. The van der Waals surface area contributed by atoms with Crippen LogP contribution in [0.2, 0.25) is 5.02 Å². The lowest BCUT2D eigenvalue weighted by Crippen LogP contribution is -2.30. The molecule has 1 aromatic carbocycles. The van der Waals surface area contributed by atoms with E-state index in [-0.39, 0.29) is 12.5 Å². The van der Waals surface area contributed by atoms with Gasteiger partial charge in [-0.15, -0.1) is 0 Å². The van der Waals surface area contributed by atoms with Gasteiger partial charge in [0, 0.05) is 17.3 Å². The number of furan rings is 1. The van der Waals surface area contributed by atoms with Crippen molar-refractivity contribution in [3.8, 4) is 5.75 Å². The van der Waals surface area contributed by atoms with Crippen molar-refractivity contribution in [2.75, 3.05) is 18.9 Å². The fourth-order valence-electron chi connectivity index (χ4n) is 2.02. The van der Waals surface area contributed by atoms with Crippen LogP contribution in [0.4, 0.5) is 0 Å². The molecule has 6 heteroatoms. The van der Waals surface area contributed by atoms with Gasteiger partial charge in [0.05, 0.1) is 12.0 Å². The molecule has 0 fully saturated rings. The van der Waals surface area contributed by atoms with E-state index in [1.54, 1.807) is 18.0 Å². The summed E-state index contributed by atoms with van der Waals surface area (Å²) in [6, 6.07) is 7.48. The summed E-state index contributed by atoms with van der Waals surface area (Å²) < 4.78 is 10.7. The summed E-state index contributed by atoms with van der Waals surface area (Å²) in [5.74, 6) is 3.10. The third kappa shape index (κ3) is 5.84. The van der Waals surface area contributed by atoms with Crippen LogP contribution in [0, 0.1) is 13.8 Å². The second-order valence-corrected chi connectivity index (χ2v) is 6.62. The van der Waals surface area contributed by atoms with Crippen LogP contribution in [0.15, 0.2) is 34.9 Å². The Morgan fingerprint density at radius 2 is 2.09 bits per heavy atom. The lowest BCUT2D eigenvalue weighted by atomic mass is 10.1. The molecule has 0 aliphatic carbocycles. The summed E-state index contributed by atoms with van der Waals surface area (Å²) in [6.07, 6.45) is 1.66. The van der Waals surface area contributed by atoms with E-state index in [2.05, 4.69) is 5.32 Å². The molecular weight excluding hydrogens is 334 g/mol. The number of ether oxygens (including phenoxy) is 1. The second kappa shape index (κ2) is 8.89. The van der Waals surface area contributed by atoms with Crippen molar-refractivity contribution in [1.29, 1.82) is 0 Å². The van der Waals surface area contributed by atoms with Crippen LogP contribution in [0.1, 0.15) is 16.9 Å². The van der Waals surface area contributed by atoms with Gasteiger partial charge in [0.15, 0.2) is 6.61 Å². The van der Waals surface area contributed by atoms with E-state index in [9.17, 15) is 4.79 Å². The molecular formula is C17H20ClNO3S. The number of hydrogen-bond donors (Lipinski definition) is 1. The summed E-state index contributed by atoms with van der Waals surface area (Å²) in [5.41, 5.74) is 1.88. The van der Waals surface area contributed by atoms with E-state index in [1.165, 1.54) is 0 Å². The number of halogens is 1. The molecule has 0 saturated carbocycles. The number of nitrogens with one attached hydrogen (secondary N) is 1. The number of thioether (sulfide) groups is 1. The molecule has 0 bridgehead atoms. The molecule has 0 saturated heterocycles. The van der Waals surface area contributed by atoms with Crippen LogP contribution in [0.25, 0.3) is 0 Å². The Kier molecular flexibility index (Phi) is 6.86. The number of carbonyl (C=O) groups excluding carboxylic acids is 1. The Bertz CT molecular complexity index is 620. The van der Waals surface area contributed by atoms with Gasteiger partial charge in [-0.25, -0.2) is 0 Å². The number of hydrogen-bond acceptors (Lipinski definition) is 4. The highest BCUT2D eigenvalue weighted by atomic mass is 35.5. The summed E-state index contributed by atoms with van der Waals surface area (Å²) in [4.78, 5) is 11.8. The normalized spacial score (nSPS) is 10.6. The van der Waals surface area contributed by atoms with E-state index in [0.29, 0.717) is 12.3 Å². The van der Waals surface area contributed by atoms with Gasteiger partial charge in [-0.2, -0.15) is 11.8 Å². The quantitative estimate of drug-likeness (QED) is 0.729. The van der Waals surface area contributed by atoms with Gasteiger partial charge in [-0.05, 0) is 49.2 Å². The minimum absolute atomic E-state index is 0.00334. The molecule has 1 aromatic heterocycles. The van der Waals surface area contributed by atoms with Gasteiger partial charge in [0.2, 0.25) is 0 Å². The predicted octanol–water partition coefficient (Wildman–Crippen LogP) is 3.98. The highest BCUT2D eigenvalue weighted by Crippen LogP contribution is 2.25. The third-order valence-electron chi connectivity index (χ3n) is 3.17. The molecule has 0 atom stereocenters. The second-order valence-electron chi connectivity index (χ2n) is 5.14. The average molecular weight is 354 g/mol. The lowest BCUT2D eigenvalue weighted by molar-refractivity contribution is -0.122. The molecule has 2 aromatic rings. The van der Waals surface area contributed by atoms with E-state index < -0.39 is 0 Å². The van der Waals surface area contributed by atoms with Crippen molar-refractivity contribution in [3.05, 3.63) is 52.4 Å². The molecule has 1 heterocycles. The maximum absolute atomic E-state index is 11.8. The SMILES string of the molecule is Cc1cc(OCC(=O)NCCSCc2ccco2)cc(C)c1Cl. The van der Waals surface area contributed by atoms with Crippen LogP contribution < -0.4 is 10.1 Å². The molecule has 124 valence electrons. The molecule has 0 aliphatic rings. The lowest BCUT2D eigenvalue weighted by Gasteiger charge is -2.10. The Balaban J connectivity index is 1.63. The standard InChI is InChI=1S/C17H20ClNO3S/c1-12-8-15(9-13(2)17(12)18)22-10-16(20)19-5-7-23-11-14-4-3-6-21-14/h3-4,6,8-9H,5,7,10-11H2,1-2H3,(H,19,20). The predicted molar refractivity (Wildman–Crippen MR) is 94.3 cm³/mol. The Morgan fingerprint density at radius 3 is 2.74 bits per heavy atom. The molecule has 2 rings (SSSR count). The Hall–Kier alpha value is -1.59. The number of rotatable bonds is 8. The minimum atomic E-state index is -0.131. The molecule has 4 nitrogen and oxygen atoms in total. The molecule has 0 spiro atoms. The van der Waals surface area contributed by atoms with Crippen molar-refractivity contribution in [3.63, 3.8) is 0 Å². The van der Waals surface area contributed by atoms with E-state index >= 15 is 0 Å². The molecule has 1 N–H and O–H groups in total. The van der Waals surface area contributed by atoms with Gasteiger partial charge in [0.25, 0.3) is 5.91 Å². The third-order valence-corrected chi connectivity index (χ3v) is 4.75. The van der Waals surface area contributed by atoms with Crippen LogP contribution in [0.3, 0.4) is 0 Å². The first-order valence-electron chi connectivity index (χ1n) is 7.32. The van der Waals surface area contributed by atoms with Gasteiger partial charge in [0.1, 0.15) is 11.5 Å². The maximum atomic E-state index is 11.8. The van der Waals surface area contributed by atoms with Crippen molar-refractivity contribution >= 4 is 29.3 Å². The molecule has 0 aliphatic heterocycles. The zero-order valence-corrected chi connectivity index (χ0v) is 14.8. The zero-order chi connectivity index (χ0) is 16.7. The number of amides is 1. The van der Waals surface area contributed by atoms with E-state index in [1.807, 2.05) is 38.1 Å². The summed E-state index contributed by atoms with van der Waals surface area (Å²) in [7, 11) is 0. The highest BCUT2D eigenvalue weighted by Gasteiger charge is 2.06. The van der Waals surface area contributed by atoms with E-state index in [4.69, 9.17) is 20.8 Å². The smallest absolute Gasteiger partial charge is 0.257 e. The van der Waals surface area contributed by atoms with Gasteiger partial charge >= 0.3 is 0 Å². The average Bonchev–Trinajstić information content (AvgIpc) is 3.03. The Labute approximate surface area is 145 Å². The monoisotopic (exact) mass is 353 g/mol. The largest absolute Gasteiger partial charge is 0.484 e. The number of benzene rings is 1. The van der Waals surface area contributed by atoms with Crippen molar-refractivity contribution in [2.45, 2.75) is 19.6 Å². The van der Waals surface area contributed by atoms with Crippen molar-refractivity contribution in [2.24, 2.45) is 0 Å². The summed E-state index contributed by atoms with van der Waals surface area (Å²) >= 11 is 7.81. The first-order chi connectivity index (χ1) is 11.1. The number of aryl methyl sites for hydroxylation is 2.